The van der Waals surface area contributed by atoms with Crippen molar-refractivity contribution >= 4 is 5.91 Å². The van der Waals surface area contributed by atoms with E-state index in [1.165, 1.54) is 24.8 Å². The molecule has 0 aliphatic heterocycles. The second-order valence-electron chi connectivity index (χ2n) is 5.76. The highest BCUT2D eigenvalue weighted by Crippen LogP contribution is 2.26. The Balaban J connectivity index is 1.64. The first-order chi connectivity index (χ1) is 9.75. The zero-order chi connectivity index (χ0) is 14.2. The van der Waals surface area contributed by atoms with E-state index >= 15 is 0 Å². The van der Waals surface area contributed by atoms with Crippen molar-refractivity contribution in [2.24, 2.45) is 5.92 Å². The maximum Gasteiger partial charge on any atom is 0.220 e. The number of hydrogen-bond donors (Lipinski definition) is 2. The van der Waals surface area contributed by atoms with Crippen molar-refractivity contribution in [1.29, 1.82) is 0 Å². The van der Waals surface area contributed by atoms with E-state index in [2.05, 4.69) is 5.32 Å². The van der Waals surface area contributed by atoms with Crippen LogP contribution in [-0.2, 0) is 11.2 Å². The minimum atomic E-state index is -0.379. The van der Waals surface area contributed by atoms with Crippen LogP contribution in [0.1, 0.15) is 44.1 Å². The van der Waals surface area contributed by atoms with Crippen molar-refractivity contribution in [1.82, 2.24) is 5.32 Å². The SMILES string of the molecule is O=C(CCc1ccccc1)NCC(O)C1CCCCC1. The Hall–Kier alpha value is -1.35. The summed E-state index contributed by atoms with van der Waals surface area (Å²) in [5.41, 5.74) is 1.18. The van der Waals surface area contributed by atoms with Gasteiger partial charge in [-0.05, 0) is 30.7 Å². The predicted molar refractivity (Wildman–Crippen MR) is 80.4 cm³/mol. The molecule has 3 heteroatoms. The molecule has 1 atom stereocenters. The molecule has 1 aromatic rings. The molecule has 1 saturated carbocycles. The van der Waals surface area contributed by atoms with E-state index in [9.17, 15) is 9.90 Å². The number of rotatable bonds is 6. The summed E-state index contributed by atoms with van der Waals surface area (Å²) >= 11 is 0. The zero-order valence-corrected chi connectivity index (χ0v) is 12.1. The molecule has 0 heterocycles. The summed E-state index contributed by atoms with van der Waals surface area (Å²) in [5, 5.41) is 13.0. The molecule has 2 N–H and O–H groups in total. The van der Waals surface area contributed by atoms with E-state index in [0.29, 0.717) is 18.9 Å². The fourth-order valence-electron chi connectivity index (χ4n) is 2.89. The summed E-state index contributed by atoms with van der Waals surface area (Å²) in [4.78, 5) is 11.8. The Morgan fingerprint density at radius 2 is 1.90 bits per heavy atom. The van der Waals surface area contributed by atoms with Crippen LogP contribution in [0.3, 0.4) is 0 Å². The predicted octanol–water partition coefficient (Wildman–Crippen LogP) is 2.68. The molecule has 20 heavy (non-hydrogen) atoms. The largest absolute Gasteiger partial charge is 0.391 e. The summed E-state index contributed by atoms with van der Waals surface area (Å²) in [7, 11) is 0. The van der Waals surface area contributed by atoms with Crippen molar-refractivity contribution in [3.63, 3.8) is 0 Å². The van der Waals surface area contributed by atoms with E-state index in [1.807, 2.05) is 30.3 Å². The number of benzene rings is 1. The van der Waals surface area contributed by atoms with Crippen LogP contribution in [0.25, 0.3) is 0 Å². The van der Waals surface area contributed by atoms with Crippen LogP contribution in [0.2, 0.25) is 0 Å². The number of carbonyl (C=O) groups is 1. The molecule has 1 aliphatic rings. The molecule has 1 aromatic carbocycles. The molecular weight excluding hydrogens is 250 g/mol. The topological polar surface area (TPSA) is 49.3 Å². The maximum absolute atomic E-state index is 11.8. The third-order valence-corrected chi connectivity index (χ3v) is 4.19. The molecule has 110 valence electrons. The lowest BCUT2D eigenvalue weighted by Gasteiger charge is -2.26. The minimum Gasteiger partial charge on any atom is -0.391 e. The summed E-state index contributed by atoms with van der Waals surface area (Å²) in [5.74, 6) is 0.405. The fraction of sp³-hybridized carbons (Fsp3) is 0.588. The van der Waals surface area contributed by atoms with Crippen LogP contribution < -0.4 is 5.32 Å². The van der Waals surface area contributed by atoms with Gasteiger partial charge in [-0.2, -0.15) is 0 Å². The Kier molecular flexibility index (Phi) is 6.06. The lowest BCUT2D eigenvalue weighted by Crippen LogP contribution is -2.37. The average Bonchev–Trinajstić information content (AvgIpc) is 2.52. The van der Waals surface area contributed by atoms with Gasteiger partial charge < -0.3 is 10.4 Å². The molecular formula is C17H25NO2. The van der Waals surface area contributed by atoms with Crippen LogP contribution in [0.15, 0.2) is 30.3 Å². The Morgan fingerprint density at radius 3 is 2.60 bits per heavy atom. The van der Waals surface area contributed by atoms with Gasteiger partial charge in [0.15, 0.2) is 0 Å². The van der Waals surface area contributed by atoms with Crippen molar-refractivity contribution < 1.29 is 9.90 Å². The second kappa shape index (κ2) is 8.05. The number of aliphatic hydroxyl groups excluding tert-OH is 1. The highest BCUT2D eigenvalue weighted by Gasteiger charge is 2.21. The number of carbonyl (C=O) groups excluding carboxylic acids is 1. The molecule has 0 radical (unpaired) electrons. The maximum atomic E-state index is 11.8. The van der Waals surface area contributed by atoms with E-state index in [4.69, 9.17) is 0 Å². The van der Waals surface area contributed by atoms with Gasteiger partial charge in [0.2, 0.25) is 5.91 Å². The number of aryl methyl sites for hydroxylation is 1. The molecule has 0 spiro atoms. The second-order valence-corrected chi connectivity index (χ2v) is 5.76. The molecule has 1 aliphatic carbocycles. The van der Waals surface area contributed by atoms with Gasteiger partial charge in [0, 0.05) is 13.0 Å². The molecule has 1 fully saturated rings. The zero-order valence-electron chi connectivity index (χ0n) is 12.1. The minimum absolute atomic E-state index is 0.0312. The van der Waals surface area contributed by atoms with Crippen LogP contribution in [-0.4, -0.2) is 23.7 Å². The van der Waals surface area contributed by atoms with Crippen LogP contribution in [0.4, 0.5) is 0 Å². The van der Waals surface area contributed by atoms with Crippen LogP contribution >= 0.6 is 0 Å². The summed E-state index contributed by atoms with van der Waals surface area (Å²) < 4.78 is 0. The van der Waals surface area contributed by atoms with Gasteiger partial charge in [-0.25, -0.2) is 0 Å². The smallest absolute Gasteiger partial charge is 0.220 e. The Morgan fingerprint density at radius 1 is 1.20 bits per heavy atom. The van der Waals surface area contributed by atoms with E-state index < -0.39 is 0 Å². The van der Waals surface area contributed by atoms with Crippen molar-refractivity contribution in [3.05, 3.63) is 35.9 Å². The van der Waals surface area contributed by atoms with Gasteiger partial charge in [-0.3, -0.25) is 4.79 Å². The van der Waals surface area contributed by atoms with E-state index in [1.54, 1.807) is 0 Å². The highest BCUT2D eigenvalue weighted by atomic mass is 16.3. The third-order valence-electron chi connectivity index (χ3n) is 4.19. The number of nitrogens with one attached hydrogen (secondary N) is 1. The first kappa shape index (κ1) is 15.0. The first-order valence-corrected chi connectivity index (χ1v) is 7.74. The van der Waals surface area contributed by atoms with Crippen LogP contribution in [0.5, 0.6) is 0 Å². The molecule has 0 saturated heterocycles. The summed E-state index contributed by atoms with van der Waals surface area (Å²) in [6.45, 7) is 0.401. The lowest BCUT2D eigenvalue weighted by molar-refractivity contribution is -0.121. The molecule has 0 bridgehead atoms. The number of amides is 1. The van der Waals surface area contributed by atoms with Crippen molar-refractivity contribution in [3.8, 4) is 0 Å². The van der Waals surface area contributed by atoms with Gasteiger partial charge in [0.05, 0.1) is 6.10 Å². The van der Waals surface area contributed by atoms with Gasteiger partial charge in [-0.15, -0.1) is 0 Å². The van der Waals surface area contributed by atoms with E-state index in [-0.39, 0.29) is 12.0 Å². The van der Waals surface area contributed by atoms with Gasteiger partial charge >= 0.3 is 0 Å². The molecule has 2 rings (SSSR count). The summed E-state index contributed by atoms with van der Waals surface area (Å²) in [6, 6.07) is 10.0. The highest BCUT2D eigenvalue weighted by molar-refractivity contribution is 5.76. The van der Waals surface area contributed by atoms with Gasteiger partial charge in [0.25, 0.3) is 0 Å². The lowest BCUT2D eigenvalue weighted by atomic mass is 9.85. The van der Waals surface area contributed by atoms with Crippen LogP contribution in [0, 0.1) is 5.92 Å². The Labute approximate surface area is 121 Å². The number of hydrogen-bond acceptors (Lipinski definition) is 2. The van der Waals surface area contributed by atoms with Gasteiger partial charge in [-0.1, -0.05) is 49.6 Å². The Bertz CT molecular complexity index is 399. The summed E-state index contributed by atoms with van der Waals surface area (Å²) in [6.07, 6.45) is 6.77. The molecule has 1 unspecified atom stereocenters. The molecule has 3 nitrogen and oxygen atoms in total. The molecule has 1 amide bonds. The van der Waals surface area contributed by atoms with Crippen molar-refractivity contribution in [2.45, 2.75) is 51.0 Å². The normalized spacial score (nSPS) is 17.6. The quantitative estimate of drug-likeness (QED) is 0.838. The first-order valence-electron chi connectivity index (χ1n) is 7.74. The third kappa shape index (κ3) is 4.97. The van der Waals surface area contributed by atoms with Gasteiger partial charge in [0.1, 0.15) is 0 Å². The van der Waals surface area contributed by atoms with E-state index in [0.717, 1.165) is 19.3 Å². The fourth-order valence-corrected chi connectivity index (χ4v) is 2.89. The average molecular weight is 275 g/mol. The van der Waals surface area contributed by atoms with Crippen molar-refractivity contribution in [2.75, 3.05) is 6.54 Å². The standard InChI is InChI=1S/C17H25NO2/c19-16(15-9-5-2-6-10-15)13-18-17(20)12-11-14-7-3-1-4-8-14/h1,3-4,7-8,15-16,19H,2,5-6,9-13H2,(H,18,20). The monoisotopic (exact) mass is 275 g/mol. The molecule has 0 aromatic heterocycles. The number of aliphatic hydroxyl groups is 1.